The number of aromatic nitrogens is 1. The molecule has 0 spiro atoms. The number of ether oxygens (including phenoxy) is 1. The van der Waals surface area contributed by atoms with Crippen LogP contribution in [0.1, 0.15) is 25.3 Å². The number of H-pyrrole nitrogens is 1. The van der Waals surface area contributed by atoms with Crippen molar-refractivity contribution >= 4 is 11.5 Å². The van der Waals surface area contributed by atoms with E-state index in [0.717, 1.165) is 50.4 Å². The minimum absolute atomic E-state index is 0.0396. The molecule has 4 rings (SSSR count). The third-order valence-corrected chi connectivity index (χ3v) is 6.17. The molecule has 29 heavy (non-hydrogen) atoms. The standard InChI is InChI=1S/C24H31N3O2/c1-3-7-20-10-11-27(22(20)14-19-8-5-4-6-9-19)23-15-21(16-24(28)25-23)26-12-13-29-18(2)17-26/h3-6,8-9,15-16,18,20,22H,1,7,10-14,17H2,2H3,(H,25,28)/t18-,20+,22+/m1/s1. The summed E-state index contributed by atoms with van der Waals surface area (Å²) in [5, 5.41) is 0. The molecule has 0 aliphatic carbocycles. The van der Waals surface area contributed by atoms with Crippen LogP contribution in [0, 0.1) is 5.92 Å². The van der Waals surface area contributed by atoms with E-state index < -0.39 is 0 Å². The molecule has 2 aromatic rings. The Labute approximate surface area is 173 Å². The SMILES string of the molecule is C=CC[C@H]1CCN(c2cc(N3CCO[C@H](C)C3)cc(=O)[nH]2)[C@H]1Cc1ccccc1. The van der Waals surface area contributed by atoms with Gasteiger partial charge in [-0.15, -0.1) is 6.58 Å². The number of nitrogens with zero attached hydrogens (tertiary/aromatic N) is 2. The second-order valence-corrected chi connectivity index (χ2v) is 8.24. The highest BCUT2D eigenvalue weighted by Crippen LogP contribution is 2.34. The first kappa shape index (κ1) is 19.8. The molecule has 1 aromatic carbocycles. The van der Waals surface area contributed by atoms with Gasteiger partial charge in [-0.2, -0.15) is 0 Å². The van der Waals surface area contributed by atoms with E-state index in [1.807, 2.05) is 6.08 Å². The van der Waals surface area contributed by atoms with E-state index in [4.69, 9.17) is 4.74 Å². The zero-order chi connectivity index (χ0) is 20.2. The summed E-state index contributed by atoms with van der Waals surface area (Å²) in [6, 6.07) is 14.8. The number of rotatable bonds is 6. The number of nitrogens with one attached hydrogen (secondary N) is 1. The van der Waals surface area contributed by atoms with Crippen LogP contribution in [-0.2, 0) is 11.2 Å². The molecule has 2 fully saturated rings. The number of anilines is 2. The summed E-state index contributed by atoms with van der Waals surface area (Å²) in [5.74, 6) is 1.47. The van der Waals surface area contributed by atoms with Crippen molar-refractivity contribution in [1.29, 1.82) is 0 Å². The van der Waals surface area contributed by atoms with E-state index in [0.29, 0.717) is 18.6 Å². The van der Waals surface area contributed by atoms with Crippen LogP contribution in [0.2, 0.25) is 0 Å². The number of hydrogen-bond acceptors (Lipinski definition) is 4. The van der Waals surface area contributed by atoms with Crippen LogP contribution in [0.5, 0.6) is 0 Å². The molecule has 0 amide bonds. The average molecular weight is 394 g/mol. The van der Waals surface area contributed by atoms with Gasteiger partial charge in [-0.1, -0.05) is 36.4 Å². The molecule has 5 nitrogen and oxygen atoms in total. The maximum atomic E-state index is 12.5. The summed E-state index contributed by atoms with van der Waals surface area (Å²) < 4.78 is 5.67. The van der Waals surface area contributed by atoms with E-state index in [-0.39, 0.29) is 11.7 Å². The van der Waals surface area contributed by atoms with Gasteiger partial charge in [0.1, 0.15) is 5.82 Å². The van der Waals surface area contributed by atoms with Crippen molar-refractivity contribution in [3.05, 3.63) is 71.0 Å². The molecule has 3 heterocycles. The van der Waals surface area contributed by atoms with Crippen molar-refractivity contribution in [3.8, 4) is 0 Å². The van der Waals surface area contributed by atoms with Crippen LogP contribution in [0.15, 0.2) is 59.9 Å². The van der Waals surface area contributed by atoms with Crippen LogP contribution in [0.4, 0.5) is 11.5 Å². The molecule has 154 valence electrons. The first-order valence-electron chi connectivity index (χ1n) is 10.7. The molecule has 3 atom stereocenters. The van der Waals surface area contributed by atoms with Gasteiger partial charge in [-0.3, -0.25) is 4.79 Å². The highest BCUT2D eigenvalue weighted by Gasteiger charge is 2.34. The Morgan fingerprint density at radius 2 is 2.07 bits per heavy atom. The van der Waals surface area contributed by atoms with Crippen molar-refractivity contribution < 1.29 is 4.74 Å². The quantitative estimate of drug-likeness (QED) is 0.762. The van der Waals surface area contributed by atoms with E-state index in [1.165, 1.54) is 5.56 Å². The molecule has 0 saturated carbocycles. The summed E-state index contributed by atoms with van der Waals surface area (Å²) in [6.45, 7) is 9.33. The Balaban J connectivity index is 1.62. The van der Waals surface area contributed by atoms with Gasteiger partial charge in [-0.25, -0.2) is 0 Å². The second-order valence-electron chi connectivity index (χ2n) is 8.24. The summed E-state index contributed by atoms with van der Waals surface area (Å²) >= 11 is 0. The molecule has 2 saturated heterocycles. The number of allylic oxidation sites excluding steroid dienone is 1. The Kier molecular flexibility index (Phi) is 6.05. The summed E-state index contributed by atoms with van der Waals surface area (Å²) in [6.07, 6.45) is 5.30. The Morgan fingerprint density at radius 3 is 2.83 bits per heavy atom. The molecule has 1 N–H and O–H groups in total. The number of benzene rings is 1. The van der Waals surface area contributed by atoms with Crippen LogP contribution in [0.25, 0.3) is 0 Å². The Hall–Kier alpha value is -2.53. The topological polar surface area (TPSA) is 48.6 Å². The second kappa shape index (κ2) is 8.87. The van der Waals surface area contributed by atoms with E-state index >= 15 is 0 Å². The lowest BCUT2D eigenvalue weighted by molar-refractivity contribution is 0.0532. The Morgan fingerprint density at radius 1 is 1.24 bits per heavy atom. The number of morpholine rings is 1. The predicted octanol–water partition coefficient (Wildman–Crippen LogP) is 3.61. The molecule has 2 aliphatic rings. The van der Waals surface area contributed by atoms with Crippen molar-refractivity contribution in [3.63, 3.8) is 0 Å². The lowest BCUT2D eigenvalue weighted by Gasteiger charge is -2.34. The van der Waals surface area contributed by atoms with E-state index in [9.17, 15) is 4.79 Å². The summed E-state index contributed by atoms with van der Waals surface area (Å²) in [5.41, 5.74) is 2.28. The summed E-state index contributed by atoms with van der Waals surface area (Å²) in [7, 11) is 0. The lowest BCUT2D eigenvalue weighted by atomic mass is 9.91. The van der Waals surface area contributed by atoms with Gasteiger partial charge in [0, 0.05) is 43.5 Å². The van der Waals surface area contributed by atoms with Gasteiger partial charge < -0.3 is 19.5 Å². The van der Waals surface area contributed by atoms with Crippen LogP contribution >= 0.6 is 0 Å². The Bertz CT molecular complexity index is 879. The minimum Gasteiger partial charge on any atom is -0.375 e. The van der Waals surface area contributed by atoms with Crippen molar-refractivity contribution in [2.45, 2.75) is 38.3 Å². The van der Waals surface area contributed by atoms with Crippen LogP contribution in [0.3, 0.4) is 0 Å². The van der Waals surface area contributed by atoms with Crippen molar-refractivity contribution in [1.82, 2.24) is 4.98 Å². The third kappa shape index (κ3) is 4.56. The first-order chi connectivity index (χ1) is 14.1. The molecular weight excluding hydrogens is 362 g/mol. The number of pyridine rings is 1. The van der Waals surface area contributed by atoms with Crippen molar-refractivity contribution in [2.24, 2.45) is 5.92 Å². The fraction of sp³-hybridized carbons (Fsp3) is 0.458. The average Bonchev–Trinajstić information content (AvgIpc) is 3.11. The first-order valence-corrected chi connectivity index (χ1v) is 10.7. The van der Waals surface area contributed by atoms with E-state index in [1.54, 1.807) is 6.07 Å². The highest BCUT2D eigenvalue weighted by atomic mass is 16.5. The van der Waals surface area contributed by atoms with Gasteiger partial charge in [0.2, 0.25) is 0 Å². The smallest absolute Gasteiger partial charge is 0.251 e. The van der Waals surface area contributed by atoms with Crippen LogP contribution in [-0.4, -0.2) is 43.4 Å². The fourth-order valence-electron chi connectivity index (χ4n) is 4.74. The molecular formula is C24H31N3O2. The maximum absolute atomic E-state index is 12.5. The molecule has 5 heteroatoms. The largest absolute Gasteiger partial charge is 0.375 e. The van der Waals surface area contributed by atoms with Crippen LogP contribution < -0.4 is 15.4 Å². The van der Waals surface area contributed by atoms with Gasteiger partial charge in [0.15, 0.2) is 0 Å². The maximum Gasteiger partial charge on any atom is 0.251 e. The molecule has 0 bridgehead atoms. The molecule has 1 aromatic heterocycles. The van der Waals surface area contributed by atoms with Gasteiger partial charge >= 0.3 is 0 Å². The van der Waals surface area contributed by atoms with Gasteiger partial charge in [-0.05, 0) is 37.7 Å². The summed E-state index contributed by atoms with van der Waals surface area (Å²) in [4.78, 5) is 20.3. The zero-order valence-electron chi connectivity index (χ0n) is 17.2. The molecule has 0 unspecified atom stereocenters. The zero-order valence-corrected chi connectivity index (χ0v) is 17.2. The number of hydrogen-bond donors (Lipinski definition) is 1. The lowest BCUT2D eigenvalue weighted by Crippen LogP contribution is -2.42. The minimum atomic E-state index is -0.0396. The predicted molar refractivity (Wildman–Crippen MR) is 119 cm³/mol. The van der Waals surface area contributed by atoms with E-state index in [2.05, 4.69) is 64.7 Å². The molecule has 0 radical (unpaired) electrons. The molecule has 2 aliphatic heterocycles. The fourth-order valence-corrected chi connectivity index (χ4v) is 4.74. The monoisotopic (exact) mass is 393 g/mol. The third-order valence-electron chi connectivity index (χ3n) is 6.17. The highest BCUT2D eigenvalue weighted by molar-refractivity contribution is 5.56. The van der Waals surface area contributed by atoms with Gasteiger partial charge in [0.05, 0.1) is 12.7 Å². The number of aromatic amines is 1. The normalized spacial score (nSPS) is 24.7. The van der Waals surface area contributed by atoms with Crippen molar-refractivity contribution in [2.75, 3.05) is 36.0 Å². The van der Waals surface area contributed by atoms with Gasteiger partial charge in [0.25, 0.3) is 5.56 Å².